The van der Waals surface area contributed by atoms with E-state index in [9.17, 15) is 14.4 Å². The maximum atomic E-state index is 12.0. The average molecular weight is 356 g/mol. The van der Waals surface area contributed by atoms with Gasteiger partial charge in [-0.05, 0) is 37.6 Å². The second-order valence-corrected chi connectivity index (χ2v) is 5.65. The van der Waals surface area contributed by atoms with Gasteiger partial charge in [-0.2, -0.15) is 0 Å². The van der Waals surface area contributed by atoms with Gasteiger partial charge in [-0.3, -0.25) is 14.4 Å². The van der Waals surface area contributed by atoms with Crippen molar-refractivity contribution in [2.75, 3.05) is 18.4 Å². The molecule has 0 fully saturated rings. The first kappa shape index (κ1) is 19.9. The lowest BCUT2D eigenvalue weighted by Gasteiger charge is -2.09. The van der Waals surface area contributed by atoms with Crippen LogP contribution in [-0.2, 0) is 9.59 Å². The highest BCUT2D eigenvalue weighted by Gasteiger charge is 2.12. The predicted molar refractivity (Wildman–Crippen MR) is 92.2 cm³/mol. The van der Waals surface area contributed by atoms with Gasteiger partial charge in [0.2, 0.25) is 5.91 Å². The third-order valence-corrected chi connectivity index (χ3v) is 3.56. The van der Waals surface area contributed by atoms with Crippen LogP contribution in [0.15, 0.2) is 18.2 Å². The highest BCUT2D eigenvalue weighted by atomic mass is 35.5. The Balaban J connectivity index is 2.60. The molecule has 1 rings (SSSR count). The van der Waals surface area contributed by atoms with Gasteiger partial charge in [0.15, 0.2) is 0 Å². The maximum Gasteiger partial charge on any atom is 0.305 e. The van der Waals surface area contributed by atoms with Crippen LogP contribution in [0.25, 0.3) is 0 Å². The van der Waals surface area contributed by atoms with Crippen LogP contribution in [0.2, 0.25) is 5.02 Å². The topological polar surface area (TPSA) is 122 Å². The number of hydrogen-bond donors (Lipinski definition) is 4. The monoisotopic (exact) mass is 355 g/mol. The molecule has 0 aromatic heterocycles. The third-order valence-electron chi connectivity index (χ3n) is 3.23. The number of anilines is 1. The fraction of sp³-hybridized carbons (Fsp3) is 0.438. The van der Waals surface area contributed by atoms with E-state index < -0.39 is 11.9 Å². The first-order valence-electron chi connectivity index (χ1n) is 7.73. The van der Waals surface area contributed by atoms with E-state index in [1.807, 2.05) is 0 Å². The Morgan fingerprint density at radius 2 is 1.88 bits per heavy atom. The molecule has 0 saturated heterocycles. The fourth-order valence-electron chi connectivity index (χ4n) is 1.99. The summed E-state index contributed by atoms with van der Waals surface area (Å²) in [4.78, 5) is 34.3. The van der Waals surface area contributed by atoms with Crippen LogP contribution in [0.3, 0.4) is 0 Å². The number of carboxylic acid groups (broad SMARTS) is 1. The average Bonchev–Trinajstić information content (AvgIpc) is 2.53. The zero-order valence-corrected chi connectivity index (χ0v) is 14.1. The summed E-state index contributed by atoms with van der Waals surface area (Å²) >= 11 is 5.99. The summed E-state index contributed by atoms with van der Waals surface area (Å²) < 4.78 is 0. The zero-order valence-electron chi connectivity index (χ0n) is 13.3. The number of nitrogens with two attached hydrogens (primary N) is 1. The second-order valence-electron chi connectivity index (χ2n) is 5.24. The van der Waals surface area contributed by atoms with Crippen LogP contribution in [0.1, 0.15) is 42.5 Å². The van der Waals surface area contributed by atoms with E-state index in [0.29, 0.717) is 18.7 Å². The van der Waals surface area contributed by atoms with Crippen molar-refractivity contribution in [3.8, 4) is 0 Å². The number of carboxylic acids is 1. The smallest absolute Gasteiger partial charge is 0.305 e. The number of carbonyl (C=O) groups excluding carboxylic acids is 2. The van der Waals surface area contributed by atoms with E-state index in [1.54, 1.807) is 6.07 Å². The summed E-state index contributed by atoms with van der Waals surface area (Å²) in [6, 6.07) is 4.59. The van der Waals surface area contributed by atoms with E-state index >= 15 is 0 Å². The zero-order chi connectivity index (χ0) is 17.9. The standard InChI is InChI=1S/C16H22ClN3O4/c17-13-6-5-11(20-14(21)4-2-1-3-8-18)10-12(13)16(24)19-9-7-15(22)23/h5-6,10H,1-4,7-9,18H2,(H,19,24)(H,20,21)(H,22,23). The molecule has 132 valence electrons. The summed E-state index contributed by atoms with van der Waals surface area (Å²) in [5, 5.41) is 14.0. The number of aliphatic carboxylic acids is 1. The second kappa shape index (κ2) is 10.6. The minimum atomic E-state index is -1.00. The molecule has 0 aliphatic carbocycles. The predicted octanol–water partition coefficient (Wildman–Crippen LogP) is 2.00. The minimum Gasteiger partial charge on any atom is -0.481 e. The Kier molecular flexibility index (Phi) is 8.81. The lowest BCUT2D eigenvalue weighted by molar-refractivity contribution is -0.136. The number of hydrogen-bond acceptors (Lipinski definition) is 4. The molecule has 0 aliphatic rings. The Bertz CT molecular complexity index is 593. The molecule has 5 N–H and O–H groups in total. The Labute approximate surface area is 145 Å². The van der Waals surface area contributed by atoms with Crippen LogP contribution in [0.5, 0.6) is 0 Å². The lowest BCUT2D eigenvalue weighted by Crippen LogP contribution is -2.26. The molecule has 0 aliphatic heterocycles. The molecule has 7 nitrogen and oxygen atoms in total. The fourth-order valence-corrected chi connectivity index (χ4v) is 2.19. The number of nitrogens with one attached hydrogen (secondary N) is 2. The van der Waals surface area contributed by atoms with Crippen molar-refractivity contribution in [3.63, 3.8) is 0 Å². The van der Waals surface area contributed by atoms with Gasteiger partial charge in [0.1, 0.15) is 0 Å². The van der Waals surface area contributed by atoms with Crippen LogP contribution in [0.4, 0.5) is 5.69 Å². The molecule has 0 unspecified atom stereocenters. The minimum absolute atomic E-state index is 0.00221. The molecule has 2 amide bonds. The molecule has 24 heavy (non-hydrogen) atoms. The van der Waals surface area contributed by atoms with Crippen molar-refractivity contribution in [1.82, 2.24) is 5.32 Å². The van der Waals surface area contributed by atoms with Gasteiger partial charge >= 0.3 is 5.97 Å². The Morgan fingerprint density at radius 1 is 1.12 bits per heavy atom. The summed E-state index contributed by atoms with van der Waals surface area (Å²) in [6.07, 6.45) is 2.72. The summed E-state index contributed by atoms with van der Waals surface area (Å²) in [6.45, 7) is 0.612. The van der Waals surface area contributed by atoms with E-state index in [4.69, 9.17) is 22.4 Å². The van der Waals surface area contributed by atoms with E-state index in [-0.39, 0.29) is 29.5 Å². The lowest BCUT2D eigenvalue weighted by atomic mass is 10.1. The normalized spacial score (nSPS) is 10.2. The summed E-state index contributed by atoms with van der Waals surface area (Å²) in [5.74, 6) is -1.64. The first-order valence-corrected chi connectivity index (χ1v) is 8.11. The first-order chi connectivity index (χ1) is 11.4. The number of carbonyl (C=O) groups is 3. The number of rotatable bonds is 10. The number of benzene rings is 1. The van der Waals surface area contributed by atoms with Crippen LogP contribution < -0.4 is 16.4 Å². The van der Waals surface area contributed by atoms with Crippen molar-refractivity contribution in [2.45, 2.75) is 32.1 Å². The van der Waals surface area contributed by atoms with Gasteiger partial charge in [-0.1, -0.05) is 18.0 Å². The van der Waals surface area contributed by atoms with E-state index in [0.717, 1.165) is 19.3 Å². The van der Waals surface area contributed by atoms with Crippen LogP contribution >= 0.6 is 11.6 Å². The molecule has 0 saturated carbocycles. The highest BCUT2D eigenvalue weighted by molar-refractivity contribution is 6.34. The van der Waals surface area contributed by atoms with Crippen molar-refractivity contribution >= 4 is 35.1 Å². The quantitative estimate of drug-likeness (QED) is 0.478. The number of unbranched alkanes of at least 4 members (excludes halogenated alkanes) is 2. The van der Waals surface area contributed by atoms with E-state index in [2.05, 4.69) is 10.6 Å². The summed E-state index contributed by atoms with van der Waals surface area (Å²) in [5.41, 5.74) is 6.04. The third kappa shape index (κ3) is 7.43. The van der Waals surface area contributed by atoms with Gasteiger partial charge in [0.05, 0.1) is 17.0 Å². The van der Waals surface area contributed by atoms with Crippen molar-refractivity contribution in [3.05, 3.63) is 28.8 Å². The van der Waals surface area contributed by atoms with Crippen molar-refractivity contribution < 1.29 is 19.5 Å². The summed E-state index contributed by atoms with van der Waals surface area (Å²) in [7, 11) is 0. The van der Waals surface area contributed by atoms with Gasteiger partial charge in [-0.15, -0.1) is 0 Å². The van der Waals surface area contributed by atoms with Crippen molar-refractivity contribution in [1.29, 1.82) is 0 Å². The molecule has 1 aromatic rings. The molecule has 1 aromatic carbocycles. The van der Waals surface area contributed by atoms with Gasteiger partial charge in [0.25, 0.3) is 5.91 Å². The largest absolute Gasteiger partial charge is 0.481 e. The van der Waals surface area contributed by atoms with Gasteiger partial charge in [0, 0.05) is 18.7 Å². The number of amides is 2. The molecule has 0 bridgehead atoms. The van der Waals surface area contributed by atoms with Crippen molar-refractivity contribution in [2.24, 2.45) is 5.73 Å². The SMILES string of the molecule is NCCCCCC(=O)Nc1ccc(Cl)c(C(=O)NCCC(=O)O)c1. The van der Waals surface area contributed by atoms with Crippen LogP contribution in [0, 0.1) is 0 Å². The Hall–Kier alpha value is -2.12. The van der Waals surface area contributed by atoms with Gasteiger partial charge < -0.3 is 21.5 Å². The maximum absolute atomic E-state index is 12.0. The number of halogens is 1. The highest BCUT2D eigenvalue weighted by Crippen LogP contribution is 2.21. The molecule has 0 spiro atoms. The molecule has 0 atom stereocenters. The molecule has 0 radical (unpaired) electrons. The molecular formula is C16H22ClN3O4. The molecule has 0 heterocycles. The van der Waals surface area contributed by atoms with Crippen LogP contribution in [-0.4, -0.2) is 36.0 Å². The molecule has 8 heteroatoms. The van der Waals surface area contributed by atoms with E-state index in [1.165, 1.54) is 12.1 Å². The molecular weight excluding hydrogens is 334 g/mol. The Morgan fingerprint density at radius 3 is 2.54 bits per heavy atom. The van der Waals surface area contributed by atoms with Gasteiger partial charge in [-0.25, -0.2) is 0 Å².